The minimum Gasteiger partial charge on any atom is -0.321 e. The number of carbonyl (C=O) groups excluding carboxylic acids is 1. The smallest absolute Gasteiger partial charge is 0.274 e. The Bertz CT molecular complexity index is 1310. The Morgan fingerprint density at radius 2 is 1.77 bits per heavy atom. The first-order chi connectivity index (χ1) is 14.9. The van der Waals surface area contributed by atoms with E-state index in [1.165, 1.54) is 23.3 Å². The first-order valence-electron chi connectivity index (χ1n) is 9.12. The Kier molecular flexibility index (Phi) is 5.41. The molecule has 11 heteroatoms. The SMILES string of the molecule is Cc1cc(S(=O)(=O)Nc2ccc(NC(=O)c3ccccn3)cc2)ccc1-n1cnnn1. The van der Waals surface area contributed by atoms with Crippen molar-refractivity contribution in [3.63, 3.8) is 0 Å². The summed E-state index contributed by atoms with van der Waals surface area (Å²) in [5.41, 5.74) is 2.53. The fraction of sp³-hybridized carbons (Fsp3) is 0.0500. The topological polar surface area (TPSA) is 132 Å². The van der Waals surface area contributed by atoms with E-state index in [1.807, 2.05) is 0 Å². The van der Waals surface area contributed by atoms with Gasteiger partial charge in [-0.1, -0.05) is 6.07 Å². The molecule has 156 valence electrons. The molecule has 0 saturated heterocycles. The zero-order valence-corrected chi connectivity index (χ0v) is 17.1. The second-order valence-corrected chi connectivity index (χ2v) is 8.24. The molecule has 2 aromatic carbocycles. The summed E-state index contributed by atoms with van der Waals surface area (Å²) in [6.45, 7) is 1.77. The highest BCUT2D eigenvalue weighted by Gasteiger charge is 2.16. The van der Waals surface area contributed by atoms with Gasteiger partial charge < -0.3 is 5.32 Å². The number of aromatic nitrogens is 5. The Morgan fingerprint density at radius 3 is 2.42 bits per heavy atom. The standard InChI is InChI=1S/C20H17N7O3S/c1-14-12-17(9-10-19(14)27-13-22-25-26-27)31(29,30)24-16-7-5-15(6-8-16)23-20(28)18-4-2-3-11-21-18/h2-13,24H,1H3,(H,23,28). The second-order valence-electron chi connectivity index (χ2n) is 6.55. The third kappa shape index (κ3) is 4.56. The number of nitrogens with one attached hydrogen (secondary N) is 2. The molecular formula is C20H17N7O3S. The molecule has 0 aliphatic heterocycles. The van der Waals surface area contributed by atoms with Crippen molar-refractivity contribution < 1.29 is 13.2 Å². The van der Waals surface area contributed by atoms with Crippen LogP contribution in [-0.4, -0.2) is 39.5 Å². The molecule has 0 unspecified atom stereocenters. The number of anilines is 2. The van der Waals surface area contributed by atoms with Crippen molar-refractivity contribution in [1.29, 1.82) is 0 Å². The molecule has 0 bridgehead atoms. The third-order valence-electron chi connectivity index (χ3n) is 4.37. The monoisotopic (exact) mass is 435 g/mol. The van der Waals surface area contributed by atoms with E-state index in [0.717, 1.165) is 0 Å². The maximum Gasteiger partial charge on any atom is 0.274 e. The van der Waals surface area contributed by atoms with Crippen LogP contribution >= 0.6 is 0 Å². The van der Waals surface area contributed by atoms with Gasteiger partial charge in [0, 0.05) is 17.6 Å². The molecule has 2 aromatic heterocycles. The van der Waals surface area contributed by atoms with Gasteiger partial charge in [-0.15, -0.1) is 5.10 Å². The number of rotatable bonds is 6. The molecule has 10 nitrogen and oxygen atoms in total. The average molecular weight is 435 g/mol. The quantitative estimate of drug-likeness (QED) is 0.475. The van der Waals surface area contributed by atoms with Gasteiger partial charge in [0.05, 0.1) is 10.6 Å². The molecule has 0 saturated carbocycles. The van der Waals surface area contributed by atoms with Gasteiger partial charge in [-0.3, -0.25) is 14.5 Å². The average Bonchev–Trinajstić information content (AvgIpc) is 3.30. The third-order valence-corrected chi connectivity index (χ3v) is 5.75. The lowest BCUT2D eigenvalue weighted by atomic mass is 10.2. The summed E-state index contributed by atoms with van der Waals surface area (Å²) < 4.78 is 29.5. The van der Waals surface area contributed by atoms with E-state index in [9.17, 15) is 13.2 Å². The van der Waals surface area contributed by atoms with Crippen LogP contribution in [0.15, 0.2) is 78.1 Å². The Hall–Kier alpha value is -4.12. The van der Waals surface area contributed by atoms with Gasteiger partial charge >= 0.3 is 0 Å². The van der Waals surface area contributed by atoms with Gasteiger partial charge in [0.2, 0.25) is 0 Å². The molecule has 4 rings (SSSR count). The van der Waals surface area contributed by atoms with Crippen molar-refractivity contribution in [3.05, 3.63) is 84.4 Å². The van der Waals surface area contributed by atoms with Crippen LogP contribution < -0.4 is 10.0 Å². The lowest BCUT2D eigenvalue weighted by Crippen LogP contribution is -2.14. The molecule has 0 aliphatic carbocycles. The van der Waals surface area contributed by atoms with Gasteiger partial charge in [-0.05, 0) is 77.5 Å². The molecule has 2 heterocycles. The molecule has 0 spiro atoms. The number of aryl methyl sites for hydroxylation is 1. The van der Waals surface area contributed by atoms with Crippen LogP contribution in [0.4, 0.5) is 11.4 Å². The van der Waals surface area contributed by atoms with E-state index < -0.39 is 10.0 Å². The van der Waals surface area contributed by atoms with Crippen molar-refractivity contribution >= 4 is 27.3 Å². The highest BCUT2D eigenvalue weighted by atomic mass is 32.2. The predicted molar refractivity (Wildman–Crippen MR) is 113 cm³/mol. The van der Waals surface area contributed by atoms with E-state index in [0.29, 0.717) is 22.6 Å². The Labute approximate surface area is 178 Å². The number of pyridine rings is 1. The van der Waals surface area contributed by atoms with Gasteiger partial charge in [0.15, 0.2) is 0 Å². The lowest BCUT2D eigenvalue weighted by Gasteiger charge is -2.11. The number of benzene rings is 2. The van der Waals surface area contributed by atoms with Crippen LogP contribution in [-0.2, 0) is 10.0 Å². The van der Waals surface area contributed by atoms with Crippen LogP contribution in [0, 0.1) is 6.92 Å². The van der Waals surface area contributed by atoms with Gasteiger partial charge in [0.25, 0.3) is 15.9 Å². The number of tetrazole rings is 1. The van der Waals surface area contributed by atoms with Crippen molar-refractivity contribution in [2.24, 2.45) is 0 Å². The number of amides is 1. The first-order valence-corrected chi connectivity index (χ1v) is 10.6. The molecule has 0 radical (unpaired) electrons. The van der Waals surface area contributed by atoms with E-state index >= 15 is 0 Å². The number of hydrogen-bond donors (Lipinski definition) is 2. The summed E-state index contributed by atoms with van der Waals surface area (Å²) in [5, 5.41) is 13.7. The predicted octanol–water partition coefficient (Wildman–Crippen LogP) is 2.42. The molecule has 2 N–H and O–H groups in total. The minimum absolute atomic E-state index is 0.106. The van der Waals surface area contributed by atoms with Crippen LogP contribution in [0.2, 0.25) is 0 Å². The maximum absolute atomic E-state index is 12.8. The molecular weight excluding hydrogens is 418 g/mol. The Morgan fingerprint density at radius 1 is 1.00 bits per heavy atom. The van der Waals surface area contributed by atoms with E-state index in [2.05, 4.69) is 30.5 Å². The summed E-state index contributed by atoms with van der Waals surface area (Å²) >= 11 is 0. The normalized spacial score (nSPS) is 11.1. The van der Waals surface area contributed by atoms with Gasteiger partial charge in [-0.25, -0.2) is 13.1 Å². The summed E-state index contributed by atoms with van der Waals surface area (Å²) in [5.74, 6) is -0.355. The molecule has 0 aliphatic rings. The fourth-order valence-electron chi connectivity index (χ4n) is 2.85. The van der Waals surface area contributed by atoms with E-state index in [-0.39, 0.29) is 16.5 Å². The number of nitrogens with zero attached hydrogens (tertiary/aromatic N) is 5. The molecule has 0 fully saturated rings. The summed E-state index contributed by atoms with van der Waals surface area (Å²) in [6, 6.07) is 16.0. The largest absolute Gasteiger partial charge is 0.321 e. The van der Waals surface area contributed by atoms with Crippen LogP contribution in [0.25, 0.3) is 5.69 Å². The number of sulfonamides is 1. The first kappa shape index (κ1) is 20.2. The van der Waals surface area contributed by atoms with Crippen molar-refractivity contribution in [3.8, 4) is 5.69 Å². The molecule has 31 heavy (non-hydrogen) atoms. The summed E-state index contributed by atoms with van der Waals surface area (Å²) in [6.07, 6.45) is 2.97. The number of carbonyl (C=O) groups is 1. The Balaban J connectivity index is 1.47. The molecule has 1 amide bonds. The zero-order chi connectivity index (χ0) is 21.8. The van der Waals surface area contributed by atoms with Crippen LogP contribution in [0.3, 0.4) is 0 Å². The van der Waals surface area contributed by atoms with Crippen LogP contribution in [0.1, 0.15) is 16.1 Å². The van der Waals surface area contributed by atoms with Crippen LogP contribution in [0.5, 0.6) is 0 Å². The lowest BCUT2D eigenvalue weighted by molar-refractivity contribution is 0.102. The molecule has 4 aromatic rings. The number of hydrogen-bond acceptors (Lipinski definition) is 7. The van der Waals surface area contributed by atoms with E-state index in [4.69, 9.17) is 0 Å². The van der Waals surface area contributed by atoms with Crippen molar-refractivity contribution in [1.82, 2.24) is 25.2 Å². The zero-order valence-electron chi connectivity index (χ0n) is 16.3. The summed E-state index contributed by atoms with van der Waals surface area (Å²) in [7, 11) is -3.81. The fourth-order valence-corrected chi connectivity index (χ4v) is 4.00. The van der Waals surface area contributed by atoms with Crippen molar-refractivity contribution in [2.75, 3.05) is 10.0 Å². The second kappa shape index (κ2) is 8.32. The highest BCUT2D eigenvalue weighted by Crippen LogP contribution is 2.22. The maximum atomic E-state index is 12.8. The van der Waals surface area contributed by atoms with Crippen molar-refractivity contribution in [2.45, 2.75) is 11.8 Å². The molecule has 0 atom stereocenters. The summed E-state index contributed by atoms with van der Waals surface area (Å²) in [4.78, 5) is 16.3. The van der Waals surface area contributed by atoms with Gasteiger partial charge in [0.1, 0.15) is 12.0 Å². The van der Waals surface area contributed by atoms with Gasteiger partial charge in [-0.2, -0.15) is 0 Å². The minimum atomic E-state index is -3.81. The van der Waals surface area contributed by atoms with E-state index in [1.54, 1.807) is 61.5 Å². The highest BCUT2D eigenvalue weighted by molar-refractivity contribution is 7.92.